The van der Waals surface area contributed by atoms with E-state index < -0.39 is 5.54 Å². The molecule has 0 aliphatic heterocycles. The van der Waals surface area contributed by atoms with Crippen molar-refractivity contribution in [2.75, 3.05) is 11.9 Å². The van der Waals surface area contributed by atoms with Gasteiger partial charge in [0.25, 0.3) is 0 Å². The van der Waals surface area contributed by atoms with Crippen LogP contribution in [-0.2, 0) is 4.79 Å². The lowest BCUT2D eigenvalue weighted by molar-refractivity contribution is -0.121. The van der Waals surface area contributed by atoms with Gasteiger partial charge in [-0.1, -0.05) is 38.3 Å². The average molecular weight is 347 g/mol. The molecule has 3 N–H and O–H groups in total. The Labute approximate surface area is 143 Å². The molecule has 4 nitrogen and oxygen atoms in total. The Bertz CT molecular complexity index is 515. The minimum atomic E-state index is -0.737. The minimum Gasteiger partial charge on any atom is -0.492 e. The average Bonchev–Trinajstić information content (AvgIpc) is 2.86. The molecule has 1 aromatic carbocycles. The van der Waals surface area contributed by atoms with E-state index >= 15 is 0 Å². The highest BCUT2D eigenvalue weighted by molar-refractivity contribution is 6.32. The van der Waals surface area contributed by atoms with Gasteiger partial charge >= 0.3 is 0 Å². The van der Waals surface area contributed by atoms with Crippen LogP contribution in [0.3, 0.4) is 0 Å². The third-order valence-corrected chi connectivity index (χ3v) is 4.01. The van der Waals surface area contributed by atoms with Gasteiger partial charge in [-0.2, -0.15) is 0 Å². The fraction of sp³-hybridized carbons (Fsp3) is 0.562. The molecular weight excluding hydrogens is 323 g/mol. The van der Waals surface area contributed by atoms with Gasteiger partial charge in [0.2, 0.25) is 5.91 Å². The second-order valence-corrected chi connectivity index (χ2v) is 6.57. The molecule has 0 saturated heterocycles. The minimum absolute atomic E-state index is 0. The van der Waals surface area contributed by atoms with Gasteiger partial charge in [0.05, 0.1) is 17.2 Å². The maximum Gasteiger partial charge on any atom is 0.244 e. The van der Waals surface area contributed by atoms with Gasteiger partial charge in [-0.3, -0.25) is 4.79 Å². The molecule has 0 radical (unpaired) electrons. The smallest absolute Gasteiger partial charge is 0.244 e. The van der Waals surface area contributed by atoms with E-state index in [0.29, 0.717) is 29.0 Å². The number of ether oxygens (including phenoxy) is 1. The number of benzene rings is 1. The first-order valence-electron chi connectivity index (χ1n) is 7.43. The van der Waals surface area contributed by atoms with Gasteiger partial charge in [-0.15, -0.1) is 12.4 Å². The van der Waals surface area contributed by atoms with Crippen molar-refractivity contribution in [3.8, 4) is 5.75 Å². The zero-order valence-electron chi connectivity index (χ0n) is 13.0. The normalized spacial score (nSPS) is 16.2. The maximum atomic E-state index is 12.2. The van der Waals surface area contributed by atoms with E-state index in [1.165, 1.54) is 0 Å². The highest BCUT2D eigenvalue weighted by Crippen LogP contribution is 2.31. The first-order valence-corrected chi connectivity index (χ1v) is 7.81. The summed E-state index contributed by atoms with van der Waals surface area (Å²) in [7, 11) is 0. The highest BCUT2D eigenvalue weighted by Gasteiger charge is 2.36. The second kappa shape index (κ2) is 8.04. The van der Waals surface area contributed by atoms with Gasteiger partial charge in [0, 0.05) is 5.69 Å². The third kappa shape index (κ3) is 4.77. The quantitative estimate of drug-likeness (QED) is 0.846. The summed E-state index contributed by atoms with van der Waals surface area (Å²) in [5.74, 6) is 0.929. The van der Waals surface area contributed by atoms with Crippen LogP contribution in [0.25, 0.3) is 0 Å². The lowest BCUT2D eigenvalue weighted by Crippen LogP contribution is -2.48. The van der Waals surface area contributed by atoms with E-state index in [-0.39, 0.29) is 18.3 Å². The van der Waals surface area contributed by atoms with Crippen LogP contribution in [0.2, 0.25) is 5.02 Å². The monoisotopic (exact) mass is 346 g/mol. The predicted octanol–water partition coefficient (Wildman–Crippen LogP) is 4.01. The van der Waals surface area contributed by atoms with Crippen LogP contribution in [0.15, 0.2) is 18.2 Å². The summed E-state index contributed by atoms with van der Waals surface area (Å²) in [5, 5.41) is 3.34. The fourth-order valence-electron chi connectivity index (χ4n) is 2.44. The molecule has 6 heteroatoms. The SMILES string of the molecule is CC(C)COc1ccc(NC(=O)C2(N)CCCC2)cc1Cl.Cl. The molecule has 0 unspecified atom stereocenters. The van der Waals surface area contributed by atoms with E-state index in [9.17, 15) is 4.79 Å². The second-order valence-electron chi connectivity index (χ2n) is 6.17. The molecular formula is C16H24Cl2N2O2. The number of hydrogen-bond donors (Lipinski definition) is 2. The van der Waals surface area contributed by atoms with Gasteiger partial charge in [-0.25, -0.2) is 0 Å². The Morgan fingerprint density at radius 1 is 1.41 bits per heavy atom. The number of nitrogens with one attached hydrogen (secondary N) is 1. The number of nitrogens with two attached hydrogens (primary N) is 1. The number of rotatable bonds is 5. The summed E-state index contributed by atoms with van der Waals surface area (Å²) >= 11 is 6.18. The lowest BCUT2D eigenvalue weighted by Gasteiger charge is -2.22. The van der Waals surface area contributed by atoms with Crippen molar-refractivity contribution in [3.05, 3.63) is 23.2 Å². The van der Waals surface area contributed by atoms with Gasteiger partial charge < -0.3 is 15.8 Å². The number of carbonyl (C=O) groups excluding carboxylic acids is 1. The molecule has 1 saturated carbocycles. The fourth-order valence-corrected chi connectivity index (χ4v) is 2.68. The number of carbonyl (C=O) groups is 1. The van der Waals surface area contributed by atoms with E-state index in [2.05, 4.69) is 19.2 Å². The van der Waals surface area contributed by atoms with Gasteiger partial charge in [-0.05, 0) is 37.0 Å². The molecule has 22 heavy (non-hydrogen) atoms. The van der Waals surface area contributed by atoms with Gasteiger partial charge in [0.15, 0.2) is 0 Å². The summed E-state index contributed by atoms with van der Waals surface area (Å²) in [6.07, 6.45) is 3.49. The van der Waals surface area contributed by atoms with Crippen molar-refractivity contribution in [2.45, 2.75) is 45.1 Å². The molecule has 1 fully saturated rings. The standard InChI is InChI=1S/C16H23ClN2O2.ClH/c1-11(2)10-21-14-6-5-12(9-13(14)17)19-15(20)16(18)7-3-4-8-16;/h5-6,9,11H,3-4,7-8,10,18H2,1-2H3,(H,19,20);1H. The van der Waals surface area contributed by atoms with Crippen LogP contribution in [0.4, 0.5) is 5.69 Å². The van der Waals surface area contributed by atoms with Crippen molar-refractivity contribution in [2.24, 2.45) is 11.7 Å². The molecule has 0 spiro atoms. The summed E-state index contributed by atoms with van der Waals surface area (Å²) in [5.41, 5.74) is 6.04. The molecule has 0 bridgehead atoms. The predicted molar refractivity (Wildman–Crippen MR) is 93.0 cm³/mol. The van der Waals surface area contributed by atoms with Crippen molar-refractivity contribution in [1.82, 2.24) is 0 Å². The van der Waals surface area contributed by atoms with Crippen molar-refractivity contribution in [3.63, 3.8) is 0 Å². The van der Waals surface area contributed by atoms with Crippen molar-refractivity contribution >= 4 is 35.6 Å². The highest BCUT2D eigenvalue weighted by atomic mass is 35.5. The molecule has 0 aromatic heterocycles. The summed E-state index contributed by atoms with van der Waals surface area (Å²) < 4.78 is 5.61. The van der Waals surface area contributed by atoms with Crippen LogP contribution in [0.5, 0.6) is 5.75 Å². The topological polar surface area (TPSA) is 64.3 Å². The molecule has 124 valence electrons. The van der Waals surface area contributed by atoms with Crippen LogP contribution < -0.4 is 15.8 Å². The Hall–Kier alpha value is -0.970. The maximum absolute atomic E-state index is 12.2. The summed E-state index contributed by atoms with van der Waals surface area (Å²) in [6, 6.07) is 5.27. The molecule has 1 aliphatic carbocycles. The molecule has 1 amide bonds. The van der Waals surface area contributed by atoms with Crippen LogP contribution in [-0.4, -0.2) is 18.1 Å². The molecule has 0 heterocycles. The number of hydrogen-bond acceptors (Lipinski definition) is 3. The van der Waals surface area contributed by atoms with E-state index in [4.69, 9.17) is 22.1 Å². The van der Waals surface area contributed by atoms with Gasteiger partial charge in [0.1, 0.15) is 5.75 Å². The Morgan fingerprint density at radius 2 is 2.05 bits per heavy atom. The molecule has 1 aromatic rings. The Balaban J connectivity index is 0.00000242. The number of amides is 1. The Morgan fingerprint density at radius 3 is 2.59 bits per heavy atom. The zero-order valence-corrected chi connectivity index (χ0v) is 14.6. The largest absolute Gasteiger partial charge is 0.492 e. The number of halogens is 2. The molecule has 0 atom stereocenters. The third-order valence-electron chi connectivity index (χ3n) is 3.71. The molecule has 1 aliphatic rings. The van der Waals surface area contributed by atoms with Crippen LogP contribution in [0.1, 0.15) is 39.5 Å². The van der Waals surface area contributed by atoms with Crippen molar-refractivity contribution in [1.29, 1.82) is 0 Å². The first-order chi connectivity index (χ1) is 9.90. The lowest BCUT2D eigenvalue weighted by atomic mass is 9.98. The van der Waals surface area contributed by atoms with E-state index in [0.717, 1.165) is 25.7 Å². The molecule has 2 rings (SSSR count). The van der Waals surface area contributed by atoms with E-state index in [1.807, 2.05) is 0 Å². The number of anilines is 1. The van der Waals surface area contributed by atoms with Crippen molar-refractivity contribution < 1.29 is 9.53 Å². The zero-order chi connectivity index (χ0) is 15.5. The first kappa shape index (κ1) is 19.1. The van der Waals surface area contributed by atoms with Crippen LogP contribution >= 0.6 is 24.0 Å². The summed E-state index contributed by atoms with van der Waals surface area (Å²) in [4.78, 5) is 12.2. The van der Waals surface area contributed by atoms with E-state index in [1.54, 1.807) is 18.2 Å². The Kier molecular flexibility index (Phi) is 6.98. The summed E-state index contributed by atoms with van der Waals surface area (Å²) in [6.45, 7) is 4.76. The van der Waals surface area contributed by atoms with Crippen LogP contribution in [0, 0.1) is 5.92 Å².